The predicted molar refractivity (Wildman–Crippen MR) is 342 cm³/mol. The van der Waals surface area contributed by atoms with Crippen LogP contribution >= 0.6 is 11.3 Å². The van der Waals surface area contributed by atoms with E-state index in [1.807, 2.05) is 42.0 Å². The van der Waals surface area contributed by atoms with Crippen molar-refractivity contribution in [1.29, 1.82) is 5.41 Å². The highest BCUT2D eigenvalue weighted by Crippen LogP contribution is 2.45. The van der Waals surface area contributed by atoms with Crippen molar-refractivity contribution >= 4 is 79.1 Å². The second kappa shape index (κ2) is 29.9. The number of carbonyl (C=O) groups excluding carboxylic acids is 7. The Bertz CT molecular complexity index is 3680. The van der Waals surface area contributed by atoms with Crippen LogP contribution in [0.1, 0.15) is 131 Å². The third-order valence-corrected chi connectivity index (χ3v) is 17.8. The maximum absolute atomic E-state index is 14.6. The topological polar surface area (TPSA) is 354 Å². The highest BCUT2D eigenvalue weighted by molar-refractivity contribution is 7.89. The van der Waals surface area contributed by atoms with Gasteiger partial charge < -0.3 is 74.0 Å². The minimum atomic E-state index is -4.54. The molecule has 1 fully saturated rings. The van der Waals surface area contributed by atoms with Gasteiger partial charge in [-0.2, -0.15) is 4.58 Å². The van der Waals surface area contributed by atoms with Crippen LogP contribution in [0, 0.1) is 26.2 Å². The summed E-state index contributed by atoms with van der Waals surface area (Å²) in [5.74, 6) is -5.03. The van der Waals surface area contributed by atoms with Crippen molar-refractivity contribution < 1.29 is 89.0 Å². The number of nitrogens with one attached hydrogen (secondary N) is 5. The first-order chi connectivity index (χ1) is 43.4. The molecule has 2 aromatic carbocycles. The van der Waals surface area contributed by atoms with E-state index in [9.17, 15) is 42.0 Å². The molecule has 0 bridgehead atoms. The van der Waals surface area contributed by atoms with Gasteiger partial charge in [-0.15, -0.1) is 11.3 Å². The van der Waals surface area contributed by atoms with Crippen LogP contribution in [-0.4, -0.2) is 167 Å². The Morgan fingerprint density at radius 1 is 0.785 bits per heavy atom. The van der Waals surface area contributed by atoms with E-state index >= 15 is 0 Å². The zero-order chi connectivity index (χ0) is 68.5. The van der Waals surface area contributed by atoms with Gasteiger partial charge >= 0.3 is 23.5 Å². The number of sulfonamides is 1. The molecule has 3 aliphatic rings. The quantitative estimate of drug-likeness (QED) is 0.0129. The van der Waals surface area contributed by atoms with E-state index in [2.05, 4.69) is 21.3 Å². The molecule has 27 nitrogen and oxygen atoms in total. The second-order valence-electron chi connectivity index (χ2n) is 26.4. The molecule has 7 N–H and O–H groups in total. The first-order valence-corrected chi connectivity index (χ1v) is 33.1. The number of guanidine groups is 1. The normalized spacial score (nSPS) is 15.5. The summed E-state index contributed by atoms with van der Waals surface area (Å²) >= 11 is 1.35. The van der Waals surface area contributed by atoms with E-state index in [0.29, 0.717) is 111 Å². The summed E-state index contributed by atoms with van der Waals surface area (Å²) in [6, 6.07) is 2.72. The largest absolute Gasteiger partial charge is 0.487 e. The van der Waals surface area contributed by atoms with Gasteiger partial charge in [0.2, 0.25) is 36.4 Å². The van der Waals surface area contributed by atoms with Gasteiger partial charge in [-0.3, -0.25) is 34.2 Å². The standard InChI is InChI=1S/C64H88N8O19S2/c1-36-37(2)56(38(3)40-31-64(13,14)90-53(36)40)93(80,81)72(60(65)66)21-15-16-42(57(77)67-32-49(74)69-43(29-52(76)89-62(7,8)9)58(78)70-44(33-87-61(4,5)6)59(79)91-63(10,11)12)68-48(73)19-20-51(75)86-35-85-47-30-50(71-22-24-82-25-23-71)88-54-41(34-92-55(47)54)39-17-18-45-46(28-39)84-27-26-83-45/h17-18,28,30,34,42-44H,15-16,19-27,29,31-33,35H2,1-14H3,(H6-,65,66,67,68,69,70,73,74,77,78)/p+1/t42-,43-,44-/m0/s1. The summed E-state index contributed by atoms with van der Waals surface area (Å²) in [6.07, 6.45) is -1.82. The van der Waals surface area contributed by atoms with Crippen molar-refractivity contribution in [2.75, 3.05) is 66.0 Å². The Kier molecular flexibility index (Phi) is 23.3. The smallest absolute Gasteiger partial charge is 0.371 e. The molecule has 7 rings (SSSR count). The van der Waals surface area contributed by atoms with Gasteiger partial charge in [0.15, 0.2) is 42.0 Å². The van der Waals surface area contributed by atoms with Crippen LogP contribution in [0.15, 0.2) is 39.0 Å². The summed E-state index contributed by atoms with van der Waals surface area (Å²) in [4.78, 5) is 95.8. The number of ether oxygens (including phenoxy) is 9. The first-order valence-electron chi connectivity index (χ1n) is 30.7. The molecule has 4 amide bonds. The average molecular weight is 1340 g/mol. The molecule has 4 aromatic rings. The minimum absolute atomic E-state index is 0.0581. The minimum Gasteiger partial charge on any atom is -0.487 e. The molecule has 3 atom stereocenters. The van der Waals surface area contributed by atoms with E-state index < -0.39 is 137 Å². The number of morpholine rings is 1. The Morgan fingerprint density at radius 2 is 1.45 bits per heavy atom. The van der Waals surface area contributed by atoms with Gasteiger partial charge in [0.1, 0.15) is 65.8 Å². The summed E-state index contributed by atoms with van der Waals surface area (Å²) in [5.41, 5.74) is 7.36. The zero-order valence-electron chi connectivity index (χ0n) is 55.5. The van der Waals surface area contributed by atoms with Crippen molar-refractivity contribution in [3.05, 3.63) is 57.5 Å². The van der Waals surface area contributed by atoms with Gasteiger partial charge in [0, 0.05) is 35.9 Å². The number of hydrogen-bond acceptors (Lipinski definition) is 21. The van der Waals surface area contributed by atoms with Crippen molar-refractivity contribution in [3.8, 4) is 34.1 Å². The number of thiophene rings is 1. The molecule has 0 radical (unpaired) electrons. The lowest BCUT2D eigenvalue weighted by Gasteiger charge is -2.28. The number of amides is 4. The lowest BCUT2D eigenvalue weighted by atomic mass is 9.94. The molecule has 3 aliphatic heterocycles. The van der Waals surface area contributed by atoms with Crippen molar-refractivity contribution in [2.24, 2.45) is 5.73 Å². The van der Waals surface area contributed by atoms with Gasteiger partial charge in [-0.05, 0) is 144 Å². The van der Waals surface area contributed by atoms with Gasteiger partial charge in [0.25, 0.3) is 10.0 Å². The van der Waals surface area contributed by atoms with Crippen LogP contribution in [0.4, 0.5) is 0 Å². The van der Waals surface area contributed by atoms with E-state index in [1.54, 1.807) is 89.2 Å². The number of esters is 3. The fourth-order valence-corrected chi connectivity index (χ4v) is 13.2. The average Bonchev–Trinajstić information content (AvgIpc) is 1.69. The van der Waals surface area contributed by atoms with Gasteiger partial charge in [-0.1, -0.05) is 6.07 Å². The number of nitrogens with two attached hydrogens (primary N) is 1. The molecular formula is C64H89N8O19S2+. The van der Waals surface area contributed by atoms with Crippen molar-refractivity contribution in [3.63, 3.8) is 0 Å². The predicted octanol–water partition coefficient (Wildman–Crippen LogP) is 4.86. The van der Waals surface area contributed by atoms with Crippen LogP contribution < -0.4 is 56.1 Å². The number of rotatable bonds is 25. The number of nitrogens with zero attached hydrogens (tertiary/aromatic N) is 2. The molecular weight excluding hydrogens is 1250 g/mol. The molecule has 510 valence electrons. The summed E-state index contributed by atoms with van der Waals surface area (Å²) in [5, 5.41) is 20.3. The van der Waals surface area contributed by atoms with Gasteiger partial charge in [0.05, 0.1) is 42.6 Å². The van der Waals surface area contributed by atoms with Crippen LogP contribution in [0.25, 0.3) is 21.4 Å². The van der Waals surface area contributed by atoms with E-state index in [1.165, 1.54) is 11.3 Å². The fourth-order valence-electron chi connectivity index (χ4n) is 10.4. The van der Waals surface area contributed by atoms with Crippen LogP contribution in [0.5, 0.6) is 23.0 Å². The number of benzene rings is 2. The second-order valence-corrected chi connectivity index (χ2v) is 29.1. The molecule has 2 aromatic heterocycles. The summed E-state index contributed by atoms with van der Waals surface area (Å²) in [7, 11) is -4.54. The molecule has 0 spiro atoms. The van der Waals surface area contributed by atoms with Crippen molar-refractivity contribution in [2.45, 2.75) is 181 Å². The highest BCUT2D eigenvalue weighted by atomic mass is 32.2. The van der Waals surface area contributed by atoms with Crippen LogP contribution in [0.2, 0.25) is 0 Å². The Balaban J connectivity index is 1.07. The summed E-state index contributed by atoms with van der Waals surface area (Å²) < 4.78 is 90.9. The lowest BCUT2D eigenvalue weighted by molar-refractivity contribution is -0.162. The number of hydrogen-bond donors (Lipinski definition) is 6. The maximum atomic E-state index is 14.6. The van der Waals surface area contributed by atoms with Crippen LogP contribution in [0.3, 0.4) is 0 Å². The van der Waals surface area contributed by atoms with Crippen LogP contribution in [-0.2, 0) is 73.7 Å². The Labute approximate surface area is 545 Å². The van der Waals surface area contributed by atoms with E-state index in [0.717, 1.165) is 11.1 Å². The van der Waals surface area contributed by atoms with Gasteiger partial charge in [-0.25, -0.2) is 17.5 Å². The number of carbonyl (C=O) groups is 7. The first kappa shape index (κ1) is 72.4. The zero-order valence-corrected chi connectivity index (χ0v) is 57.1. The molecule has 1 saturated heterocycles. The highest BCUT2D eigenvalue weighted by Gasteiger charge is 2.40. The Morgan fingerprint density at radius 3 is 2.11 bits per heavy atom. The molecule has 0 unspecified atom stereocenters. The number of fused-ring (bicyclic) bond motifs is 3. The third kappa shape index (κ3) is 19.8. The molecule has 0 saturated carbocycles. The third-order valence-electron chi connectivity index (χ3n) is 14.8. The molecule has 93 heavy (non-hydrogen) atoms. The van der Waals surface area contributed by atoms with E-state index in [4.69, 9.17) is 58.2 Å². The molecule has 0 aliphatic carbocycles. The summed E-state index contributed by atoms with van der Waals surface area (Å²) in [6.45, 7) is 24.4. The molecule has 5 heterocycles. The lowest BCUT2D eigenvalue weighted by Crippen LogP contribution is -2.56. The SMILES string of the molecule is Cc1c(C)c(S(=O)(=O)N(CCC[C@H](NC(=O)CCC(=O)OCOc2cc(=[N+]3CCOCC3)oc3c(-c4ccc5c(c4)OCCO5)csc23)C(=O)NCC(=O)N[C@@H](CC(=O)OC(C)(C)C)C(=O)N[C@@H](COC(C)(C)C)C(=O)OC(C)(C)C)C(=N)N)c(C)c2c1OC(C)(C)C2. The monoisotopic (exact) mass is 1340 g/mol. The Hall–Kier alpha value is -8.02. The van der Waals surface area contributed by atoms with Crippen molar-refractivity contribution in [1.82, 2.24) is 30.1 Å². The van der Waals surface area contributed by atoms with E-state index in [-0.39, 0.29) is 24.3 Å². The maximum Gasteiger partial charge on any atom is 0.371 e. The fraction of sp³-hybridized carbons (Fsp3) is 0.578. The molecule has 29 heteroatoms.